The predicted molar refractivity (Wildman–Crippen MR) is 65.3 cm³/mol. The summed E-state index contributed by atoms with van der Waals surface area (Å²) in [4.78, 5) is 25.3. The highest BCUT2D eigenvalue weighted by Crippen LogP contribution is 2.06. The maximum atomic E-state index is 11.7. The molecular formula is C12H13N3O2. The predicted octanol–water partition coefficient (Wildman–Crippen LogP) is 0.293. The van der Waals surface area contributed by atoms with Crippen molar-refractivity contribution in [1.82, 2.24) is 9.55 Å². The number of nitrogens with two attached hydrogens (primary N) is 1. The normalized spacial score (nSPS) is 10.5. The van der Waals surface area contributed by atoms with Crippen molar-refractivity contribution in [3.8, 4) is 5.69 Å². The van der Waals surface area contributed by atoms with Gasteiger partial charge in [0.05, 0.1) is 5.69 Å². The summed E-state index contributed by atoms with van der Waals surface area (Å²) >= 11 is 0. The summed E-state index contributed by atoms with van der Waals surface area (Å²) in [6.45, 7) is 2.06. The minimum Gasteiger partial charge on any atom is -0.326 e. The van der Waals surface area contributed by atoms with Gasteiger partial charge in [-0.05, 0) is 19.1 Å². The number of aryl methyl sites for hydroxylation is 1. The molecule has 1 aromatic heterocycles. The number of hydrogen-bond acceptors (Lipinski definition) is 3. The third-order valence-electron chi connectivity index (χ3n) is 2.55. The molecule has 88 valence electrons. The fourth-order valence-corrected chi connectivity index (χ4v) is 1.55. The molecule has 0 radical (unpaired) electrons. The van der Waals surface area contributed by atoms with Gasteiger partial charge in [-0.25, -0.2) is 4.79 Å². The standard InChI is InChI=1S/C12H13N3O2/c1-8-2-4-10(5-3-8)15-7-9(6-13)11(16)14-12(15)17/h2-5,7H,6,13H2,1H3,(H,14,16,17). The molecule has 0 aliphatic carbocycles. The first-order valence-corrected chi connectivity index (χ1v) is 5.24. The lowest BCUT2D eigenvalue weighted by molar-refractivity contribution is 0.852. The maximum absolute atomic E-state index is 11.7. The Morgan fingerprint density at radius 1 is 1.24 bits per heavy atom. The highest BCUT2D eigenvalue weighted by molar-refractivity contribution is 5.34. The largest absolute Gasteiger partial charge is 0.332 e. The van der Waals surface area contributed by atoms with E-state index in [1.807, 2.05) is 31.2 Å². The van der Waals surface area contributed by atoms with Crippen LogP contribution in [-0.2, 0) is 6.54 Å². The second-order valence-electron chi connectivity index (χ2n) is 3.82. The number of hydrogen-bond donors (Lipinski definition) is 2. The summed E-state index contributed by atoms with van der Waals surface area (Å²) in [6, 6.07) is 7.43. The zero-order chi connectivity index (χ0) is 12.4. The fraction of sp³-hybridized carbons (Fsp3) is 0.167. The molecule has 0 bridgehead atoms. The zero-order valence-corrected chi connectivity index (χ0v) is 9.43. The van der Waals surface area contributed by atoms with Crippen molar-refractivity contribution in [2.75, 3.05) is 0 Å². The highest BCUT2D eigenvalue weighted by atomic mass is 16.2. The van der Waals surface area contributed by atoms with Crippen LogP contribution in [-0.4, -0.2) is 9.55 Å². The van der Waals surface area contributed by atoms with Gasteiger partial charge in [-0.2, -0.15) is 0 Å². The third kappa shape index (κ3) is 2.19. The molecule has 0 fully saturated rings. The first-order chi connectivity index (χ1) is 8.11. The molecule has 0 spiro atoms. The number of benzene rings is 1. The molecule has 1 heterocycles. The molecule has 3 N–H and O–H groups in total. The molecule has 0 atom stereocenters. The Bertz CT molecular complexity index is 638. The van der Waals surface area contributed by atoms with Crippen LogP contribution in [0, 0.1) is 6.92 Å². The molecule has 2 rings (SSSR count). The summed E-state index contributed by atoms with van der Waals surface area (Å²) in [6.07, 6.45) is 1.48. The monoisotopic (exact) mass is 231 g/mol. The quantitative estimate of drug-likeness (QED) is 0.779. The van der Waals surface area contributed by atoms with E-state index in [0.29, 0.717) is 11.3 Å². The van der Waals surface area contributed by atoms with Gasteiger partial charge in [0.25, 0.3) is 5.56 Å². The number of nitrogens with one attached hydrogen (secondary N) is 1. The summed E-state index contributed by atoms with van der Waals surface area (Å²) in [5, 5.41) is 0. The van der Waals surface area contributed by atoms with Gasteiger partial charge in [-0.3, -0.25) is 14.3 Å². The minimum absolute atomic E-state index is 0.0987. The molecule has 2 aromatic rings. The van der Waals surface area contributed by atoms with Gasteiger partial charge in [0, 0.05) is 18.3 Å². The van der Waals surface area contributed by atoms with Crippen LogP contribution in [0.25, 0.3) is 5.69 Å². The molecule has 5 nitrogen and oxygen atoms in total. The van der Waals surface area contributed by atoms with Crippen molar-refractivity contribution in [3.63, 3.8) is 0 Å². The fourth-order valence-electron chi connectivity index (χ4n) is 1.55. The Labute approximate surface area is 97.5 Å². The lowest BCUT2D eigenvalue weighted by atomic mass is 10.2. The number of rotatable bonds is 2. The van der Waals surface area contributed by atoms with Crippen molar-refractivity contribution in [2.24, 2.45) is 5.73 Å². The van der Waals surface area contributed by atoms with E-state index < -0.39 is 11.2 Å². The third-order valence-corrected chi connectivity index (χ3v) is 2.55. The van der Waals surface area contributed by atoms with Crippen LogP contribution in [0.5, 0.6) is 0 Å². The summed E-state index contributed by atoms with van der Waals surface area (Å²) < 4.78 is 1.38. The van der Waals surface area contributed by atoms with E-state index in [4.69, 9.17) is 5.73 Å². The van der Waals surface area contributed by atoms with Crippen molar-refractivity contribution in [3.05, 3.63) is 62.4 Å². The van der Waals surface area contributed by atoms with Crippen LogP contribution in [0.2, 0.25) is 0 Å². The summed E-state index contributed by atoms with van der Waals surface area (Å²) in [7, 11) is 0. The van der Waals surface area contributed by atoms with Crippen molar-refractivity contribution in [1.29, 1.82) is 0 Å². The van der Waals surface area contributed by atoms with E-state index in [2.05, 4.69) is 4.98 Å². The summed E-state index contributed by atoms with van der Waals surface area (Å²) in [5.74, 6) is 0. The lowest BCUT2D eigenvalue weighted by Crippen LogP contribution is -2.31. The SMILES string of the molecule is Cc1ccc(-n2cc(CN)c(=O)[nH]c2=O)cc1. The Morgan fingerprint density at radius 2 is 1.88 bits per heavy atom. The Kier molecular flexibility index (Phi) is 2.93. The van der Waals surface area contributed by atoms with Gasteiger partial charge in [-0.1, -0.05) is 17.7 Å². The first kappa shape index (κ1) is 11.3. The van der Waals surface area contributed by atoms with Gasteiger partial charge in [0.2, 0.25) is 0 Å². The molecule has 5 heteroatoms. The molecule has 17 heavy (non-hydrogen) atoms. The number of aromatic nitrogens is 2. The van der Waals surface area contributed by atoms with E-state index in [1.165, 1.54) is 10.8 Å². The smallest absolute Gasteiger partial charge is 0.326 e. The number of nitrogens with zero attached hydrogens (tertiary/aromatic N) is 1. The van der Waals surface area contributed by atoms with E-state index in [9.17, 15) is 9.59 Å². The lowest BCUT2D eigenvalue weighted by Gasteiger charge is -2.06. The van der Waals surface area contributed by atoms with Gasteiger partial charge in [0.15, 0.2) is 0 Å². The molecule has 0 unspecified atom stereocenters. The molecule has 1 aromatic carbocycles. The van der Waals surface area contributed by atoms with E-state index in [0.717, 1.165) is 5.56 Å². The van der Waals surface area contributed by atoms with Gasteiger partial charge in [0.1, 0.15) is 0 Å². The van der Waals surface area contributed by atoms with Crippen LogP contribution < -0.4 is 17.0 Å². The molecule has 0 aliphatic heterocycles. The van der Waals surface area contributed by atoms with Crippen LogP contribution in [0.15, 0.2) is 40.1 Å². The van der Waals surface area contributed by atoms with Gasteiger partial charge < -0.3 is 5.73 Å². The van der Waals surface area contributed by atoms with Crippen LogP contribution in [0.3, 0.4) is 0 Å². The molecule has 0 saturated heterocycles. The molecule has 0 aliphatic rings. The second-order valence-corrected chi connectivity index (χ2v) is 3.82. The Morgan fingerprint density at radius 3 is 2.47 bits per heavy atom. The van der Waals surface area contributed by atoms with Gasteiger partial charge >= 0.3 is 5.69 Å². The minimum atomic E-state index is -0.462. The Balaban J connectivity index is 2.63. The van der Waals surface area contributed by atoms with E-state index in [1.54, 1.807) is 0 Å². The average Bonchev–Trinajstić information content (AvgIpc) is 2.31. The zero-order valence-electron chi connectivity index (χ0n) is 9.43. The molecule has 0 amide bonds. The molecular weight excluding hydrogens is 218 g/mol. The highest BCUT2D eigenvalue weighted by Gasteiger charge is 2.04. The maximum Gasteiger partial charge on any atom is 0.332 e. The Hall–Kier alpha value is -2.14. The number of H-pyrrole nitrogens is 1. The molecule has 0 saturated carbocycles. The van der Waals surface area contributed by atoms with E-state index >= 15 is 0 Å². The van der Waals surface area contributed by atoms with Crippen LogP contribution in [0.4, 0.5) is 0 Å². The van der Waals surface area contributed by atoms with Crippen molar-refractivity contribution in [2.45, 2.75) is 13.5 Å². The average molecular weight is 231 g/mol. The van der Waals surface area contributed by atoms with Crippen molar-refractivity contribution >= 4 is 0 Å². The van der Waals surface area contributed by atoms with Crippen molar-refractivity contribution < 1.29 is 0 Å². The van der Waals surface area contributed by atoms with Crippen LogP contribution >= 0.6 is 0 Å². The van der Waals surface area contributed by atoms with Gasteiger partial charge in [-0.15, -0.1) is 0 Å². The van der Waals surface area contributed by atoms with E-state index in [-0.39, 0.29) is 6.54 Å². The van der Waals surface area contributed by atoms with Crippen LogP contribution in [0.1, 0.15) is 11.1 Å². The topological polar surface area (TPSA) is 80.9 Å². The first-order valence-electron chi connectivity index (χ1n) is 5.24. The second kappa shape index (κ2) is 4.39. The summed E-state index contributed by atoms with van der Waals surface area (Å²) in [5.41, 5.74) is 6.73. The number of aromatic amines is 1.